The van der Waals surface area contributed by atoms with E-state index in [1.54, 1.807) is 0 Å². The molecule has 3 amide bonds. The van der Waals surface area contributed by atoms with Crippen LogP contribution in [0.4, 0.5) is 4.79 Å². The van der Waals surface area contributed by atoms with Gasteiger partial charge >= 0.3 is 6.03 Å². The predicted octanol–water partition coefficient (Wildman–Crippen LogP) is 3.77. The molecule has 26 heavy (non-hydrogen) atoms. The molecule has 5 nitrogen and oxygen atoms in total. The van der Waals surface area contributed by atoms with Gasteiger partial charge in [0.15, 0.2) is 0 Å². The fraction of sp³-hybridized carbons (Fsp3) is 0.300. The highest BCUT2D eigenvalue weighted by Crippen LogP contribution is 2.23. The van der Waals surface area contributed by atoms with E-state index in [-0.39, 0.29) is 11.9 Å². The Hall–Kier alpha value is -2.53. The summed E-state index contributed by atoms with van der Waals surface area (Å²) in [5.41, 5.74) is 7.02. The number of nitrogens with two attached hydrogens (primary N) is 1. The number of amides is 3. The minimum atomic E-state index is -0.517. The van der Waals surface area contributed by atoms with Crippen molar-refractivity contribution < 1.29 is 9.59 Å². The van der Waals surface area contributed by atoms with E-state index >= 15 is 0 Å². The second-order valence-electron chi connectivity index (χ2n) is 6.06. The molecule has 0 bridgehead atoms. The number of unbranched alkanes of at least 4 members (excludes halogenated alkanes) is 2. The lowest BCUT2D eigenvalue weighted by atomic mass is 9.98. The molecule has 0 fully saturated rings. The van der Waals surface area contributed by atoms with E-state index in [0.29, 0.717) is 18.0 Å². The smallest absolute Gasteiger partial charge is 0.312 e. The minimum absolute atomic E-state index is 0.00309. The van der Waals surface area contributed by atoms with Gasteiger partial charge in [0.2, 0.25) is 5.91 Å². The summed E-state index contributed by atoms with van der Waals surface area (Å²) < 4.78 is 0. The maximum Gasteiger partial charge on any atom is 0.312 e. The highest BCUT2D eigenvalue weighted by atomic mass is 35.5. The zero-order chi connectivity index (χ0) is 18.8. The quantitative estimate of drug-likeness (QED) is 0.584. The van der Waals surface area contributed by atoms with Crippen LogP contribution in [0.5, 0.6) is 0 Å². The first-order valence-electron chi connectivity index (χ1n) is 8.69. The van der Waals surface area contributed by atoms with Gasteiger partial charge in [0.05, 0.1) is 6.04 Å². The van der Waals surface area contributed by atoms with Crippen LogP contribution < -0.4 is 16.4 Å². The van der Waals surface area contributed by atoms with E-state index in [2.05, 4.69) is 10.6 Å². The van der Waals surface area contributed by atoms with Crippen LogP contribution in [0.15, 0.2) is 54.6 Å². The van der Waals surface area contributed by atoms with Crippen LogP contribution in [0, 0.1) is 0 Å². The molecule has 0 saturated heterocycles. The number of urea groups is 1. The molecule has 0 radical (unpaired) electrons. The van der Waals surface area contributed by atoms with Crippen LogP contribution in [-0.2, 0) is 4.79 Å². The van der Waals surface area contributed by atoms with Gasteiger partial charge in [-0.2, -0.15) is 0 Å². The Labute approximate surface area is 158 Å². The third-order valence-electron chi connectivity index (χ3n) is 4.02. The van der Waals surface area contributed by atoms with Crippen molar-refractivity contribution in [1.82, 2.24) is 10.6 Å². The van der Waals surface area contributed by atoms with Crippen LogP contribution in [0.2, 0.25) is 5.02 Å². The summed E-state index contributed by atoms with van der Waals surface area (Å²) in [4.78, 5) is 23.0. The Morgan fingerprint density at radius 2 is 1.58 bits per heavy atom. The highest BCUT2D eigenvalue weighted by Gasteiger charge is 2.16. The van der Waals surface area contributed by atoms with Crippen molar-refractivity contribution in [2.45, 2.75) is 31.7 Å². The Morgan fingerprint density at radius 3 is 2.23 bits per heavy atom. The van der Waals surface area contributed by atoms with E-state index < -0.39 is 6.03 Å². The maximum absolute atomic E-state index is 12.4. The Bertz CT molecular complexity index is 705. The molecule has 0 aliphatic carbocycles. The summed E-state index contributed by atoms with van der Waals surface area (Å²) in [6.07, 6.45) is 2.85. The van der Waals surface area contributed by atoms with E-state index in [1.165, 1.54) is 0 Å². The van der Waals surface area contributed by atoms with Crippen molar-refractivity contribution in [3.8, 4) is 0 Å². The summed E-state index contributed by atoms with van der Waals surface area (Å²) in [5.74, 6) is -0.00309. The molecule has 0 aliphatic rings. The second-order valence-corrected chi connectivity index (χ2v) is 6.50. The molecule has 138 valence electrons. The number of carbonyl (C=O) groups excluding carboxylic acids is 2. The van der Waals surface area contributed by atoms with Crippen LogP contribution in [-0.4, -0.2) is 18.5 Å². The van der Waals surface area contributed by atoms with Gasteiger partial charge in [0, 0.05) is 18.0 Å². The number of nitrogens with one attached hydrogen (secondary N) is 2. The van der Waals surface area contributed by atoms with Crippen molar-refractivity contribution in [1.29, 1.82) is 0 Å². The van der Waals surface area contributed by atoms with Gasteiger partial charge in [0.25, 0.3) is 0 Å². The SMILES string of the molecule is NC(=O)NCCCCCC(=O)N[C@H](c1ccccc1)c1ccc(Cl)cc1. The standard InChI is InChI=1S/C20H24ClN3O2/c21-17-12-10-16(11-13-17)19(15-7-3-1-4-8-15)24-18(25)9-5-2-6-14-23-20(22)26/h1,3-4,7-8,10-13,19H,2,5-6,9,14H2,(H,24,25)(H3,22,23,26)/t19-/m1/s1. The molecule has 2 aromatic carbocycles. The van der Waals surface area contributed by atoms with Gasteiger partial charge in [-0.25, -0.2) is 4.79 Å². The fourth-order valence-electron chi connectivity index (χ4n) is 2.69. The molecule has 1 atom stereocenters. The van der Waals surface area contributed by atoms with Gasteiger partial charge in [-0.1, -0.05) is 60.5 Å². The van der Waals surface area contributed by atoms with E-state index in [4.69, 9.17) is 17.3 Å². The zero-order valence-corrected chi connectivity index (χ0v) is 15.3. The van der Waals surface area contributed by atoms with Crippen molar-refractivity contribution in [2.24, 2.45) is 5.73 Å². The number of benzene rings is 2. The lowest BCUT2D eigenvalue weighted by molar-refractivity contribution is -0.121. The topological polar surface area (TPSA) is 84.2 Å². The van der Waals surface area contributed by atoms with Crippen LogP contribution >= 0.6 is 11.6 Å². The van der Waals surface area contributed by atoms with Crippen molar-refractivity contribution >= 4 is 23.5 Å². The lowest BCUT2D eigenvalue weighted by Crippen LogP contribution is -2.30. The van der Waals surface area contributed by atoms with Gasteiger partial charge in [-0.15, -0.1) is 0 Å². The van der Waals surface area contributed by atoms with E-state index in [0.717, 1.165) is 30.4 Å². The average molecular weight is 374 g/mol. The predicted molar refractivity (Wildman–Crippen MR) is 104 cm³/mol. The van der Waals surface area contributed by atoms with E-state index in [1.807, 2.05) is 54.6 Å². The number of hydrogen-bond acceptors (Lipinski definition) is 2. The molecular formula is C20H24ClN3O2. The first kappa shape index (κ1) is 19.8. The molecule has 6 heteroatoms. The molecule has 0 heterocycles. The zero-order valence-electron chi connectivity index (χ0n) is 14.6. The average Bonchev–Trinajstić information content (AvgIpc) is 2.64. The van der Waals surface area contributed by atoms with Gasteiger partial charge in [-0.3, -0.25) is 4.79 Å². The molecular weight excluding hydrogens is 350 g/mol. The molecule has 0 saturated carbocycles. The first-order chi connectivity index (χ1) is 12.6. The maximum atomic E-state index is 12.4. The molecule has 0 unspecified atom stereocenters. The number of halogens is 1. The summed E-state index contributed by atoms with van der Waals surface area (Å²) in [7, 11) is 0. The molecule has 2 aromatic rings. The summed E-state index contributed by atoms with van der Waals surface area (Å²) >= 11 is 5.98. The Kier molecular flexibility index (Phi) is 7.96. The fourth-order valence-corrected chi connectivity index (χ4v) is 2.82. The third kappa shape index (κ3) is 6.76. The number of hydrogen-bond donors (Lipinski definition) is 3. The van der Waals surface area contributed by atoms with Crippen LogP contribution in [0.25, 0.3) is 0 Å². The van der Waals surface area contributed by atoms with Crippen molar-refractivity contribution in [2.75, 3.05) is 6.54 Å². The monoisotopic (exact) mass is 373 g/mol. The number of rotatable bonds is 9. The molecule has 0 aromatic heterocycles. The Balaban J connectivity index is 1.91. The second kappa shape index (κ2) is 10.5. The van der Waals surface area contributed by atoms with Crippen LogP contribution in [0.1, 0.15) is 42.9 Å². The highest BCUT2D eigenvalue weighted by molar-refractivity contribution is 6.30. The van der Waals surface area contributed by atoms with Gasteiger partial charge < -0.3 is 16.4 Å². The molecule has 4 N–H and O–H groups in total. The number of carbonyl (C=O) groups is 2. The van der Waals surface area contributed by atoms with Crippen molar-refractivity contribution in [3.63, 3.8) is 0 Å². The minimum Gasteiger partial charge on any atom is -0.352 e. The molecule has 2 rings (SSSR count). The van der Waals surface area contributed by atoms with Crippen LogP contribution in [0.3, 0.4) is 0 Å². The third-order valence-corrected chi connectivity index (χ3v) is 4.27. The first-order valence-corrected chi connectivity index (χ1v) is 9.07. The van der Waals surface area contributed by atoms with E-state index in [9.17, 15) is 9.59 Å². The van der Waals surface area contributed by atoms with Gasteiger partial charge in [-0.05, 0) is 36.1 Å². The summed E-state index contributed by atoms with van der Waals surface area (Å²) in [6, 6.07) is 16.6. The van der Waals surface area contributed by atoms with Gasteiger partial charge in [0.1, 0.15) is 0 Å². The number of primary amides is 1. The summed E-state index contributed by atoms with van der Waals surface area (Å²) in [5, 5.41) is 6.31. The largest absolute Gasteiger partial charge is 0.352 e. The molecule has 0 spiro atoms. The lowest BCUT2D eigenvalue weighted by Gasteiger charge is -2.20. The normalized spacial score (nSPS) is 11.6. The molecule has 0 aliphatic heterocycles. The van der Waals surface area contributed by atoms with Crippen molar-refractivity contribution in [3.05, 3.63) is 70.7 Å². The Morgan fingerprint density at radius 1 is 0.923 bits per heavy atom. The summed E-state index contributed by atoms with van der Waals surface area (Å²) in [6.45, 7) is 0.536.